The smallest absolute Gasteiger partial charge is 0.0758 e. The Bertz CT molecular complexity index is 72.5. The van der Waals surface area contributed by atoms with Gasteiger partial charge in [0.2, 0.25) is 0 Å². The van der Waals surface area contributed by atoms with E-state index in [1.165, 1.54) is 0 Å². The maximum absolute atomic E-state index is 5.25. The molecule has 0 aromatic rings. The van der Waals surface area contributed by atoms with Crippen LogP contribution in [0.3, 0.4) is 0 Å². The van der Waals surface area contributed by atoms with Crippen molar-refractivity contribution in [3.8, 4) is 0 Å². The first-order valence-electron chi connectivity index (χ1n) is 2.88. The van der Waals surface area contributed by atoms with Gasteiger partial charge in [-0.1, -0.05) is 6.08 Å². The van der Waals surface area contributed by atoms with Crippen molar-refractivity contribution in [2.45, 2.75) is 18.9 Å². The van der Waals surface area contributed by atoms with Crippen molar-refractivity contribution in [1.29, 1.82) is 0 Å². The van der Waals surface area contributed by atoms with E-state index in [1.54, 1.807) is 0 Å². The highest BCUT2D eigenvalue weighted by molar-refractivity contribution is 4.87. The van der Waals surface area contributed by atoms with Gasteiger partial charge < -0.3 is 4.74 Å². The molecule has 0 amide bonds. The lowest BCUT2D eigenvalue weighted by atomic mass is 10.1. The lowest BCUT2D eigenvalue weighted by molar-refractivity contribution is 0.0657. The lowest BCUT2D eigenvalue weighted by Crippen LogP contribution is -2.16. The molecule has 8 heavy (non-hydrogen) atoms. The molecule has 1 heterocycles. The summed E-state index contributed by atoms with van der Waals surface area (Å²) in [7, 11) is 0. The Balaban J connectivity index is 2.22. The number of hydrogen-bond donors (Lipinski definition) is 0. The number of hydrogen-bond acceptors (Lipinski definition) is 1. The highest BCUT2D eigenvalue weighted by Gasteiger charge is 2.08. The SMILES string of the molecule is C=CC1C[C]CCO1. The molecule has 0 saturated carbocycles. The van der Waals surface area contributed by atoms with Crippen LogP contribution in [0.1, 0.15) is 12.8 Å². The van der Waals surface area contributed by atoms with E-state index in [1.807, 2.05) is 6.08 Å². The largest absolute Gasteiger partial charge is 0.374 e. The summed E-state index contributed by atoms with van der Waals surface area (Å²) in [5.74, 6) is 0. The molecular formula is C7H10O. The molecule has 0 aromatic carbocycles. The van der Waals surface area contributed by atoms with E-state index >= 15 is 0 Å². The standard InChI is InChI=1S/C7H10O/c1-2-7-5-3-4-6-8-7/h2,7H,1,4-6H2. The van der Waals surface area contributed by atoms with Gasteiger partial charge in [0, 0.05) is 6.61 Å². The number of rotatable bonds is 1. The van der Waals surface area contributed by atoms with Gasteiger partial charge in [-0.05, 0) is 19.3 Å². The maximum Gasteiger partial charge on any atom is 0.0758 e. The summed E-state index contributed by atoms with van der Waals surface area (Å²) < 4.78 is 5.25. The Hall–Kier alpha value is -0.300. The van der Waals surface area contributed by atoms with E-state index in [4.69, 9.17) is 4.74 Å². The van der Waals surface area contributed by atoms with Gasteiger partial charge in [0.1, 0.15) is 0 Å². The van der Waals surface area contributed by atoms with Crippen LogP contribution in [-0.4, -0.2) is 12.7 Å². The van der Waals surface area contributed by atoms with E-state index in [-0.39, 0.29) is 6.10 Å². The van der Waals surface area contributed by atoms with Crippen LogP contribution < -0.4 is 0 Å². The topological polar surface area (TPSA) is 9.23 Å². The molecule has 1 nitrogen and oxygen atoms in total. The third-order valence-electron chi connectivity index (χ3n) is 1.22. The highest BCUT2D eigenvalue weighted by atomic mass is 16.5. The van der Waals surface area contributed by atoms with Gasteiger partial charge in [-0.15, -0.1) is 6.58 Å². The molecule has 1 aliphatic rings. The average Bonchev–Trinajstić information content (AvgIpc) is 1.90. The van der Waals surface area contributed by atoms with Crippen LogP contribution in [0, 0.1) is 6.42 Å². The Kier molecular flexibility index (Phi) is 2.10. The van der Waals surface area contributed by atoms with E-state index in [0.29, 0.717) is 0 Å². The minimum absolute atomic E-state index is 0.240. The van der Waals surface area contributed by atoms with Crippen LogP contribution in [0.25, 0.3) is 0 Å². The normalized spacial score (nSPS) is 29.8. The first-order chi connectivity index (χ1) is 3.93. The van der Waals surface area contributed by atoms with Gasteiger partial charge in [0.15, 0.2) is 0 Å². The molecule has 1 heteroatoms. The zero-order chi connectivity index (χ0) is 5.82. The van der Waals surface area contributed by atoms with Crippen molar-refractivity contribution in [1.82, 2.24) is 0 Å². The zero-order valence-corrected chi connectivity index (χ0v) is 4.89. The van der Waals surface area contributed by atoms with E-state index < -0.39 is 0 Å². The third kappa shape index (κ3) is 1.34. The summed E-state index contributed by atoms with van der Waals surface area (Å²) in [6, 6.07) is 0. The van der Waals surface area contributed by atoms with Gasteiger partial charge in [0.05, 0.1) is 6.10 Å². The Morgan fingerprint density at radius 2 is 2.62 bits per heavy atom. The van der Waals surface area contributed by atoms with Crippen molar-refractivity contribution in [2.75, 3.05) is 6.61 Å². The molecule has 1 saturated heterocycles. The summed E-state index contributed by atoms with van der Waals surface area (Å²) >= 11 is 0. The second kappa shape index (κ2) is 2.88. The van der Waals surface area contributed by atoms with Crippen molar-refractivity contribution >= 4 is 0 Å². The van der Waals surface area contributed by atoms with Gasteiger partial charge in [-0.2, -0.15) is 0 Å². The molecular weight excluding hydrogens is 100 g/mol. The fraction of sp³-hybridized carbons (Fsp3) is 0.571. The van der Waals surface area contributed by atoms with E-state index in [0.717, 1.165) is 19.4 Å². The van der Waals surface area contributed by atoms with Crippen molar-refractivity contribution < 1.29 is 4.74 Å². The van der Waals surface area contributed by atoms with E-state index in [9.17, 15) is 0 Å². The molecule has 0 aliphatic carbocycles. The predicted molar refractivity (Wildman–Crippen MR) is 32.4 cm³/mol. The van der Waals surface area contributed by atoms with Gasteiger partial charge in [-0.25, -0.2) is 0 Å². The van der Waals surface area contributed by atoms with Crippen LogP contribution in [0.2, 0.25) is 0 Å². The third-order valence-corrected chi connectivity index (χ3v) is 1.22. The Morgan fingerprint density at radius 1 is 1.75 bits per heavy atom. The van der Waals surface area contributed by atoms with Crippen LogP contribution >= 0.6 is 0 Å². The summed E-state index contributed by atoms with van der Waals surface area (Å²) in [5, 5.41) is 0. The van der Waals surface area contributed by atoms with Crippen molar-refractivity contribution in [3.63, 3.8) is 0 Å². The predicted octanol–water partition coefficient (Wildman–Crippen LogP) is 1.43. The molecule has 44 valence electrons. The zero-order valence-electron chi connectivity index (χ0n) is 4.89. The Labute approximate surface area is 50.3 Å². The minimum Gasteiger partial charge on any atom is -0.374 e. The van der Waals surface area contributed by atoms with Crippen LogP contribution in [0.5, 0.6) is 0 Å². The molecule has 1 aliphatic heterocycles. The fourth-order valence-corrected chi connectivity index (χ4v) is 0.737. The van der Waals surface area contributed by atoms with Gasteiger partial charge in [0.25, 0.3) is 0 Å². The summed E-state index contributed by atoms with van der Waals surface area (Å²) in [6.45, 7) is 4.44. The molecule has 0 spiro atoms. The van der Waals surface area contributed by atoms with E-state index in [2.05, 4.69) is 13.0 Å². The molecule has 0 bridgehead atoms. The molecule has 1 fully saturated rings. The van der Waals surface area contributed by atoms with Gasteiger partial charge >= 0.3 is 0 Å². The monoisotopic (exact) mass is 110 g/mol. The summed E-state index contributed by atoms with van der Waals surface area (Å²) in [4.78, 5) is 0. The maximum atomic E-state index is 5.25. The first kappa shape index (κ1) is 5.83. The Morgan fingerprint density at radius 3 is 3.00 bits per heavy atom. The molecule has 0 aromatic heterocycles. The first-order valence-corrected chi connectivity index (χ1v) is 2.88. The summed E-state index contributed by atoms with van der Waals surface area (Å²) in [5.41, 5.74) is 0. The van der Waals surface area contributed by atoms with Crippen LogP contribution in [-0.2, 0) is 4.74 Å². The second-order valence-electron chi connectivity index (χ2n) is 1.85. The molecule has 1 unspecified atom stereocenters. The molecule has 1 rings (SSSR count). The molecule has 2 radical (unpaired) electrons. The van der Waals surface area contributed by atoms with Crippen LogP contribution in [0.15, 0.2) is 12.7 Å². The second-order valence-corrected chi connectivity index (χ2v) is 1.85. The number of ether oxygens (including phenoxy) is 1. The quantitative estimate of drug-likeness (QED) is 0.464. The van der Waals surface area contributed by atoms with Crippen molar-refractivity contribution in [2.24, 2.45) is 0 Å². The lowest BCUT2D eigenvalue weighted by Gasteiger charge is -2.17. The fourth-order valence-electron chi connectivity index (χ4n) is 0.737. The van der Waals surface area contributed by atoms with Crippen LogP contribution in [0.4, 0.5) is 0 Å². The summed E-state index contributed by atoms with van der Waals surface area (Å²) in [6.07, 6.45) is 7.15. The van der Waals surface area contributed by atoms with Crippen molar-refractivity contribution in [3.05, 3.63) is 19.1 Å². The average molecular weight is 110 g/mol. The molecule has 0 N–H and O–H groups in total. The van der Waals surface area contributed by atoms with Gasteiger partial charge in [-0.3, -0.25) is 0 Å². The highest BCUT2D eigenvalue weighted by Crippen LogP contribution is 2.11. The molecule has 1 atom stereocenters. The minimum atomic E-state index is 0.240.